The Labute approximate surface area is 343 Å². The molecule has 0 aromatic heterocycles. The van der Waals surface area contributed by atoms with Gasteiger partial charge in [0.25, 0.3) is 0 Å². The fourth-order valence-corrected chi connectivity index (χ4v) is 10.0. The van der Waals surface area contributed by atoms with Gasteiger partial charge in [0.1, 0.15) is 11.5 Å². The summed E-state index contributed by atoms with van der Waals surface area (Å²) in [5.41, 5.74) is 6.88. The Hall–Kier alpha value is -5.22. The molecule has 0 radical (unpaired) electrons. The molecule has 2 aliphatic carbocycles. The van der Waals surface area contributed by atoms with Gasteiger partial charge < -0.3 is 9.47 Å². The summed E-state index contributed by atoms with van der Waals surface area (Å²) >= 11 is 0. The summed E-state index contributed by atoms with van der Waals surface area (Å²) in [6.45, 7) is 5.75. The van der Waals surface area contributed by atoms with Crippen LogP contribution in [0.4, 0.5) is 0 Å². The monoisotopic (exact) mass is 768 g/mol. The second-order valence-corrected chi connectivity index (χ2v) is 16.8. The van der Waals surface area contributed by atoms with Crippen molar-refractivity contribution in [1.29, 1.82) is 0 Å². The lowest BCUT2D eigenvalue weighted by molar-refractivity contribution is 0.103. The zero-order chi connectivity index (χ0) is 39.6. The largest absolute Gasteiger partial charge is 0.493 e. The predicted octanol–water partition coefficient (Wildman–Crippen LogP) is 15.2. The minimum Gasteiger partial charge on any atom is -0.493 e. The fourth-order valence-electron chi connectivity index (χ4n) is 10.0. The van der Waals surface area contributed by atoms with Gasteiger partial charge in [0, 0.05) is 54.6 Å². The van der Waals surface area contributed by atoms with Gasteiger partial charge in [-0.1, -0.05) is 164 Å². The topological polar surface area (TPSA) is 52.6 Å². The van der Waals surface area contributed by atoms with E-state index < -0.39 is 0 Å². The van der Waals surface area contributed by atoms with Gasteiger partial charge in [-0.15, -0.1) is 0 Å². The number of carbonyl (C=O) groups excluding carboxylic acids is 2. The average molecular weight is 769 g/mol. The lowest BCUT2D eigenvalue weighted by Gasteiger charge is -2.28. The predicted molar refractivity (Wildman–Crippen MR) is 242 cm³/mol. The van der Waals surface area contributed by atoms with Crippen LogP contribution in [0.3, 0.4) is 0 Å². The number of fused-ring (bicyclic) bond motifs is 6. The van der Waals surface area contributed by atoms with Crippen molar-refractivity contribution in [3.63, 3.8) is 0 Å². The number of carbonyl (C=O) groups is 2. The first kappa shape index (κ1) is 38.3. The van der Waals surface area contributed by atoms with Crippen LogP contribution in [0, 0.1) is 0 Å². The Morgan fingerprint density at radius 2 is 0.707 bits per heavy atom. The van der Waals surface area contributed by atoms with E-state index in [1.54, 1.807) is 0 Å². The van der Waals surface area contributed by atoms with Gasteiger partial charge in [-0.2, -0.15) is 0 Å². The van der Waals surface area contributed by atoms with E-state index in [-0.39, 0.29) is 11.6 Å². The third kappa shape index (κ3) is 6.73. The van der Waals surface area contributed by atoms with Gasteiger partial charge in [0.05, 0.1) is 13.2 Å². The number of rotatable bonds is 20. The van der Waals surface area contributed by atoms with Crippen LogP contribution in [-0.4, -0.2) is 24.8 Å². The molecule has 296 valence electrons. The molecule has 0 amide bonds. The molecule has 4 heteroatoms. The van der Waals surface area contributed by atoms with E-state index in [4.69, 9.17) is 9.47 Å². The van der Waals surface area contributed by atoms with Gasteiger partial charge >= 0.3 is 0 Å². The van der Waals surface area contributed by atoms with E-state index >= 15 is 0 Å². The van der Waals surface area contributed by atoms with Crippen LogP contribution in [-0.2, 0) is 0 Å². The van der Waals surface area contributed by atoms with Gasteiger partial charge in [-0.25, -0.2) is 0 Å². The Kier molecular flexibility index (Phi) is 11.2. The zero-order valence-corrected chi connectivity index (χ0v) is 34.4. The van der Waals surface area contributed by atoms with E-state index in [1.165, 1.54) is 77.0 Å². The van der Waals surface area contributed by atoms with E-state index in [0.29, 0.717) is 13.2 Å². The quantitative estimate of drug-likeness (QED) is 0.0440. The van der Waals surface area contributed by atoms with Crippen LogP contribution in [0.1, 0.15) is 148 Å². The molecule has 0 saturated heterocycles. The number of benzene rings is 7. The minimum absolute atomic E-state index is 0.0534. The molecule has 0 bridgehead atoms. The Morgan fingerprint density at radius 1 is 0.345 bits per heavy atom. The summed E-state index contributed by atoms with van der Waals surface area (Å²) in [6, 6.07) is 28.7. The summed E-state index contributed by atoms with van der Waals surface area (Å²) in [7, 11) is 0. The van der Waals surface area contributed by atoms with E-state index in [1.807, 2.05) is 48.5 Å². The van der Waals surface area contributed by atoms with Crippen LogP contribution in [0.5, 0.6) is 11.5 Å². The van der Waals surface area contributed by atoms with Gasteiger partial charge in [-0.05, 0) is 70.1 Å². The molecule has 0 unspecified atom stereocenters. The highest BCUT2D eigenvalue weighted by atomic mass is 16.5. The van der Waals surface area contributed by atoms with Crippen molar-refractivity contribution < 1.29 is 19.1 Å². The number of unbranched alkanes of at least 4 members (excludes halogenated alkanes) is 14. The van der Waals surface area contributed by atoms with Gasteiger partial charge in [0.2, 0.25) is 0 Å². The molecular formula is C54H56O4. The molecule has 0 heterocycles. The zero-order valence-electron chi connectivity index (χ0n) is 34.4. The molecular weight excluding hydrogens is 713 g/mol. The molecule has 7 aromatic rings. The molecule has 4 nitrogen and oxygen atoms in total. The molecule has 0 spiro atoms. The summed E-state index contributed by atoms with van der Waals surface area (Å²) in [6.07, 6.45) is 19.6. The standard InChI is InChI=1S/C54H56O4/c1-3-5-7-9-11-13-15-21-31-57-45-33-43-35-23-17-19-25-39(35)53(55)41-29-27-37-38-28-30-42-48-44(36-24-18-20-26-40(36)54(42)56)34-46(52(50(38)48)51(45)49(37)47(41)43)58-32-22-16-14-12-10-8-6-4-2/h17-20,23-30,33-34H,3-16,21-22,31-32H2,1-2H3. The van der Waals surface area contributed by atoms with Crippen molar-refractivity contribution in [2.45, 2.75) is 117 Å². The van der Waals surface area contributed by atoms with E-state index in [9.17, 15) is 9.59 Å². The maximum atomic E-state index is 14.3. The van der Waals surface area contributed by atoms with Crippen molar-refractivity contribution >= 4 is 54.7 Å². The van der Waals surface area contributed by atoms with Crippen LogP contribution >= 0.6 is 0 Å². The van der Waals surface area contributed by atoms with Crippen LogP contribution < -0.4 is 9.47 Å². The first-order valence-corrected chi connectivity index (χ1v) is 22.4. The van der Waals surface area contributed by atoms with Crippen LogP contribution in [0.25, 0.3) is 65.3 Å². The highest BCUT2D eigenvalue weighted by Gasteiger charge is 2.33. The van der Waals surface area contributed by atoms with Crippen LogP contribution in [0.15, 0.2) is 84.9 Å². The maximum absolute atomic E-state index is 14.3. The second kappa shape index (κ2) is 16.9. The normalized spacial score (nSPS) is 12.9. The Balaban J connectivity index is 1.22. The SMILES string of the molecule is CCCCCCCCCCOc1cc2c3c(ccc4c5ccc6c7c(cc(OCCCCCCCCCC)c(c1c34)c75)-c1ccccc1C6=O)C(=O)c1ccccc1-2. The van der Waals surface area contributed by atoms with Crippen molar-refractivity contribution in [3.8, 4) is 33.8 Å². The molecule has 7 aromatic carbocycles. The first-order valence-electron chi connectivity index (χ1n) is 22.4. The van der Waals surface area contributed by atoms with Crippen molar-refractivity contribution in [1.82, 2.24) is 0 Å². The summed E-state index contributed by atoms with van der Waals surface area (Å²) in [5, 5.41) is 8.13. The Morgan fingerprint density at radius 3 is 1.10 bits per heavy atom. The highest BCUT2D eigenvalue weighted by Crippen LogP contribution is 2.55. The summed E-state index contributed by atoms with van der Waals surface area (Å²) in [4.78, 5) is 28.5. The average Bonchev–Trinajstić information content (AvgIpc) is 3.26. The minimum atomic E-state index is 0.0534. The molecule has 0 fully saturated rings. The molecule has 0 N–H and O–H groups in total. The number of hydrogen-bond donors (Lipinski definition) is 0. The highest BCUT2D eigenvalue weighted by molar-refractivity contribution is 6.43. The van der Waals surface area contributed by atoms with E-state index in [2.05, 4.69) is 50.2 Å². The number of hydrogen-bond acceptors (Lipinski definition) is 4. The molecule has 0 atom stereocenters. The van der Waals surface area contributed by atoms with Gasteiger partial charge in [0.15, 0.2) is 11.6 Å². The Bertz CT molecular complexity index is 2470. The second-order valence-electron chi connectivity index (χ2n) is 16.8. The lowest BCUT2D eigenvalue weighted by atomic mass is 9.76. The molecule has 0 saturated carbocycles. The van der Waals surface area contributed by atoms with Crippen molar-refractivity contribution in [3.05, 3.63) is 107 Å². The molecule has 2 aliphatic rings. The van der Waals surface area contributed by atoms with Crippen LogP contribution in [0.2, 0.25) is 0 Å². The summed E-state index contributed by atoms with van der Waals surface area (Å²) < 4.78 is 14.0. The lowest BCUT2D eigenvalue weighted by Crippen LogP contribution is -2.12. The number of ether oxygens (including phenoxy) is 2. The van der Waals surface area contributed by atoms with Gasteiger partial charge in [-0.3, -0.25) is 9.59 Å². The molecule has 9 rings (SSSR count). The number of ketones is 2. The van der Waals surface area contributed by atoms with Crippen molar-refractivity contribution in [2.24, 2.45) is 0 Å². The molecule has 0 aliphatic heterocycles. The third-order valence-electron chi connectivity index (χ3n) is 13.0. The third-order valence-corrected chi connectivity index (χ3v) is 13.0. The van der Waals surface area contributed by atoms with Crippen molar-refractivity contribution in [2.75, 3.05) is 13.2 Å². The fraction of sp³-hybridized carbons (Fsp3) is 0.370. The molecule has 58 heavy (non-hydrogen) atoms. The smallest absolute Gasteiger partial charge is 0.194 e. The first-order chi connectivity index (χ1) is 28.6. The van der Waals surface area contributed by atoms with E-state index in [0.717, 1.165) is 125 Å². The summed E-state index contributed by atoms with van der Waals surface area (Å²) in [5.74, 6) is 1.74. The maximum Gasteiger partial charge on any atom is 0.194 e.